The van der Waals surface area contributed by atoms with Crippen LogP contribution >= 0.6 is 0 Å². The van der Waals surface area contributed by atoms with Crippen LogP contribution in [0.25, 0.3) is 0 Å². The molecule has 0 aliphatic carbocycles. The van der Waals surface area contributed by atoms with Gasteiger partial charge in [-0.05, 0) is 66.3 Å². The Hall–Kier alpha value is -2.34. The molecular weight excluding hydrogens is 877 g/mol. The van der Waals surface area contributed by atoms with Gasteiger partial charge < -0.3 is 0 Å². The van der Waals surface area contributed by atoms with Gasteiger partial charge in [-0.3, -0.25) is 0 Å². The van der Waals surface area contributed by atoms with E-state index in [1.807, 2.05) is 56.3 Å². The standard InChI is InChI=1S/C8H10.2C7H8.C6H14.5C5H12.3C4H10.2C3H8.C2H6/c1-2-8-6-4-3-5-7-8;2*1-7-5-3-2-4-6-7;1-5-6(2,3)4;1-5(2,3)4;3*1-4-5(2)3;1-3-5-4-2;2*1-4(2)3;1-3-4-2;2*1-3-2;1-2/h3-7H,2H2,1H3;2*2-6H,1H3;5H2,1-4H3;1-4H3;3*5H,4H2,1-3H3;3-5H2,1-2H3;2*4H,1-3H3;3-4H2,1-2H3;2*3H2,1-2H3;1-2H3. The number of benzene rings is 3. The van der Waals surface area contributed by atoms with Crippen molar-refractivity contribution in [3.8, 4) is 0 Å². The molecule has 444 valence electrons. The van der Waals surface area contributed by atoms with Crippen LogP contribution in [0.1, 0.15) is 323 Å². The zero-order chi connectivity index (χ0) is 60.7. The van der Waals surface area contributed by atoms with Gasteiger partial charge in [0.1, 0.15) is 0 Å². The summed E-state index contributed by atoms with van der Waals surface area (Å²) < 4.78 is 0. The highest BCUT2D eigenvalue weighted by molar-refractivity contribution is 5.14. The molecular formula is C73H152. The molecule has 0 radical (unpaired) electrons. The van der Waals surface area contributed by atoms with Crippen molar-refractivity contribution >= 4 is 0 Å². The molecule has 0 aliphatic rings. The van der Waals surface area contributed by atoms with Crippen LogP contribution in [0.3, 0.4) is 0 Å². The molecule has 0 nitrogen and oxygen atoms in total. The zero-order valence-electron chi connectivity index (χ0n) is 58.5. The SMILES string of the molecule is CC.CC(C)(C)C.CC(C)C.CC(C)C.CCC.CCC.CCC(C)(C)C.CCC(C)C.CCC(C)C.CCC(C)C.CCCC.CCCCC.CCc1ccccc1.Cc1ccccc1.Cc1ccccc1. The van der Waals surface area contributed by atoms with Crippen molar-refractivity contribution in [3.63, 3.8) is 0 Å². The predicted octanol–water partition coefficient (Wildman–Crippen LogP) is 28.1. The van der Waals surface area contributed by atoms with E-state index in [1.54, 1.807) is 0 Å². The quantitative estimate of drug-likeness (QED) is 0.221. The summed E-state index contributed by atoms with van der Waals surface area (Å²) in [6, 6.07) is 31.0. The van der Waals surface area contributed by atoms with Crippen molar-refractivity contribution in [1.82, 2.24) is 0 Å². The third kappa shape index (κ3) is 251. The summed E-state index contributed by atoms with van der Waals surface area (Å²) in [7, 11) is 0. The van der Waals surface area contributed by atoms with Crippen molar-refractivity contribution in [2.24, 2.45) is 40.4 Å². The van der Waals surface area contributed by atoms with Crippen LogP contribution in [0.5, 0.6) is 0 Å². The Kier molecular flexibility index (Phi) is 122. The Morgan fingerprint density at radius 1 is 0.342 bits per heavy atom. The summed E-state index contributed by atoms with van der Waals surface area (Å²) in [6.07, 6.45) is 15.5. The van der Waals surface area contributed by atoms with Gasteiger partial charge in [0.2, 0.25) is 0 Å². The van der Waals surface area contributed by atoms with Gasteiger partial charge in [-0.15, -0.1) is 0 Å². The molecule has 0 aromatic heterocycles. The molecule has 0 spiro atoms. The molecule has 0 heterocycles. The van der Waals surface area contributed by atoms with E-state index in [0.29, 0.717) is 10.8 Å². The fraction of sp³-hybridized carbons (Fsp3) is 0.753. The van der Waals surface area contributed by atoms with E-state index < -0.39 is 0 Å². The summed E-state index contributed by atoms with van der Waals surface area (Å²) in [4.78, 5) is 0. The van der Waals surface area contributed by atoms with Gasteiger partial charge in [-0.1, -0.05) is 408 Å². The first kappa shape index (κ1) is 99.6. The lowest BCUT2D eigenvalue weighted by molar-refractivity contribution is 0.398. The molecule has 0 N–H and O–H groups in total. The molecule has 0 unspecified atom stereocenters. The molecule has 3 aromatic rings. The van der Waals surface area contributed by atoms with Gasteiger partial charge >= 0.3 is 0 Å². The van der Waals surface area contributed by atoms with Crippen LogP contribution in [-0.2, 0) is 6.42 Å². The molecule has 0 saturated carbocycles. The van der Waals surface area contributed by atoms with Crippen LogP contribution < -0.4 is 0 Å². The topological polar surface area (TPSA) is 0 Å². The van der Waals surface area contributed by atoms with Gasteiger partial charge in [-0.25, -0.2) is 0 Å². The van der Waals surface area contributed by atoms with Crippen LogP contribution in [0, 0.1) is 54.3 Å². The largest absolute Gasteiger partial charge is 0.0683 e. The molecule has 0 atom stereocenters. The number of unbranched alkanes of at least 4 members (excludes halogenated alkanes) is 3. The molecule has 0 amide bonds. The molecule has 0 bridgehead atoms. The molecule has 0 fully saturated rings. The van der Waals surface area contributed by atoms with E-state index in [4.69, 9.17) is 0 Å². The van der Waals surface area contributed by atoms with E-state index in [9.17, 15) is 0 Å². The number of aryl methyl sites for hydroxylation is 3. The van der Waals surface area contributed by atoms with Crippen LogP contribution in [0.2, 0.25) is 0 Å². The molecule has 0 aliphatic heterocycles. The van der Waals surface area contributed by atoms with Gasteiger partial charge in [0, 0.05) is 0 Å². The summed E-state index contributed by atoms with van der Waals surface area (Å²) in [5.41, 5.74) is 5.09. The third-order valence-corrected chi connectivity index (χ3v) is 7.85. The van der Waals surface area contributed by atoms with Gasteiger partial charge in [0.25, 0.3) is 0 Å². The summed E-state index contributed by atoms with van der Waals surface area (Å²) in [5, 5.41) is 0. The molecule has 0 heteroatoms. The van der Waals surface area contributed by atoms with E-state index in [-0.39, 0.29) is 0 Å². The first-order chi connectivity index (χ1) is 33.7. The van der Waals surface area contributed by atoms with Crippen molar-refractivity contribution in [2.45, 2.75) is 326 Å². The maximum absolute atomic E-state index is 2.24. The number of hydrogen-bond acceptors (Lipinski definition) is 0. The Bertz CT molecular complexity index is 1060. The Morgan fingerprint density at radius 3 is 0.562 bits per heavy atom. The van der Waals surface area contributed by atoms with Crippen molar-refractivity contribution in [3.05, 3.63) is 108 Å². The summed E-state index contributed by atoms with van der Waals surface area (Å²) >= 11 is 0. The molecule has 3 aromatic carbocycles. The first-order valence-electron chi connectivity index (χ1n) is 30.8. The Labute approximate surface area is 472 Å². The molecule has 73 heavy (non-hydrogen) atoms. The van der Waals surface area contributed by atoms with E-state index in [1.165, 1.54) is 87.3 Å². The van der Waals surface area contributed by atoms with Crippen LogP contribution in [-0.4, -0.2) is 0 Å². The lowest BCUT2D eigenvalue weighted by atomic mass is 9.94. The lowest BCUT2D eigenvalue weighted by Crippen LogP contribution is -2.00. The van der Waals surface area contributed by atoms with Gasteiger partial charge in [0.15, 0.2) is 0 Å². The average molecular weight is 1030 g/mol. The van der Waals surface area contributed by atoms with Crippen molar-refractivity contribution in [2.75, 3.05) is 0 Å². The highest BCUT2D eigenvalue weighted by atomic mass is 14.1. The predicted molar refractivity (Wildman–Crippen MR) is 359 cm³/mol. The Balaban J connectivity index is -0.0000000552. The normalized spacial score (nSPS) is 9.00. The average Bonchev–Trinajstić information content (AvgIpc) is 3.31. The Morgan fingerprint density at radius 2 is 0.507 bits per heavy atom. The van der Waals surface area contributed by atoms with Gasteiger partial charge in [0.05, 0.1) is 0 Å². The van der Waals surface area contributed by atoms with Crippen molar-refractivity contribution in [1.29, 1.82) is 0 Å². The minimum atomic E-state index is 0.500. The number of hydrogen-bond donors (Lipinski definition) is 0. The van der Waals surface area contributed by atoms with Crippen LogP contribution in [0.4, 0.5) is 0 Å². The highest BCUT2D eigenvalue weighted by Gasteiger charge is 2.03. The minimum absolute atomic E-state index is 0.500. The second kappa shape index (κ2) is 89.2. The summed E-state index contributed by atoms with van der Waals surface area (Å²) in [6.45, 7) is 78.2. The molecule has 3 rings (SSSR count). The third-order valence-electron chi connectivity index (χ3n) is 7.85. The van der Waals surface area contributed by atoms with Gasteiger partial charge in [-0.2, -0.15) is 0 Å². The lowest BCUT2D eigenvalue weighted by Gasteiger charge is -2.12. The maximum atomic E-state index is 2.24. The van der Waals surface area contributed by atoms with E-state index in [2.05, 4.69) is 284 Å². The monoisotopic (exact) mass is 1030 g/mol. The van der Waals surface area contributed by atoms with Crippen molar-refractivity contribution < 1.29 is 0 Å². The maximum Gasteiger partial charge on any atom is -0.0307 e. The summed E-state index contributed by atoms with van der Waals surface area (Å²) in [5.74, 6) is 4.32. The fourth-order valence-corrected chi connectivity index (χ4v) is 2.14. The van der Waals surface area contributed by atoms with E-state index >= 15 is 0 Å². The number of rotatable bonds is 7. The minimum Gasteiger partial charge on any atom is -0.0683 e. The second-order valence-electron chi connectivity index (χ2n) is 23.7. The van der Waals surface area contributed by atoms with Crippen LogP contribution in [0.15, 0.2) is 91.0 Å². The first-order valence-corrected chi connectivity index (χ1v) is 30.8. The highest BCUT2D eigenvalue weighted by Crippen LogP contribution is 2.16. The smallest absolute Gasteiger partial charge is 0.0307 e. The van der Waals surface area contributed by atoms with E-state index in [0.717, 1.165) is 36.0 Å². The molecule has 0 saturated heterocycles. The zero-order valence-corrected chi connectivity index (χ0v) is 58.5. The fourth-order valence-electron chi connectivity index (χ4n) is 2.14. The second-order valence-corrected chi connectivity index (χ2v) is 23.7.